The third-order valence-corrected chi connectivity index (χ3v) is 8.02. The maximum absolute atomic E-state index is 13.8. The molecule has 2 heterocycles. The number of anilines is 2. The van der Waals surface area contributed by atoms with Crippen molar-refractivity contribution in [3.05, 3.63) is 76.5 Å². The van der Waals surface area contributed by atoms with Gasteiger partial charge in [0.25, 0.3) is 5.91 Å². The van der Waals surface area contributed by atoms with Crippen LogP contribution in [0.25, 0.3) is 0 Å². The van der Waals surface area contributed by atoms with Gasteiger partial charge in [-0.25, -0.2) is 0 Å². The fraction of sp³-hybridized carbons (Fsp3) is 0.433. The van der Waals surface area contributed by atoms with Crippen LogP contribution in [0.1, 0.15) is 63.2 Å². The standard InChI is InChI=1S/C30H34F3N5O2/c1-36-28(25-7-2-3-8-26(25)35-36)38(29(40)21-9-11-24(34)12-10-21)18-17-37-15-13-20(14-16-37)27(39)22-5-4-6-23(19-22)30(31,32)33/h4-6,9-12,19-20H,2-3,7-8,13-18,34H2,1H3. The second kappa shape index (κ2) is 11.4. The van der Waals surface area contributed by atoms with Crippen molar-refractivity contribution in [1.29, 1.82) is 0 Å². The van der Waals surface area contributed by atoms with E-state index in [0.29, 0.717) is 50.3 Å². The quantitative estimate of drug-likeness (QED) is 0.324. The van der Waals surface area contributed by atoms with E-state index < -0.39 is 11.7 Å². The molecule has 40 heavy (non-hydrogen) atoms. The number of hydrogen-bond acceptors (Lipinski definition) is 5. The molecule has 212 valence electrons. The minimum atomic E-state index is -4.48. The van der Waals surface area contributed by atoms with Crippen molar-refractivity contribution in [2.75, 3.05) is 36.8 Å². The lowest BCUT2D eigenvalue weighted by molar-refractivity contribution is -0.137. The van der Waals surface area contributed by atoms with Crippen molar-refractivity contribution in [1.82, 2.24) is 14.7 Å². The summed E-state index contributed by atoms with van der Waals surface area (Å²) in [4.78, 5) is 30.8. The molecular formula is C30H34F3N5O2. The minimum Gasteiger partial charge on any atom is -0.399 e. The van der Waals surface area contributed by atoms with Gasteiger partial charge in [0.05, 0.1) is 11.3 Å². The fourth-order valence-corrected chi connectivity index (χ4v) is 5.83. The van der Waals surface area contributed by atoms with E-state index in [-0.39, 0.29) is 23.2 Å². The van der Waals surface area contributed by atoms with Crippen LogP contribution >= 0.6 is 0 Å². The lowest BCUT2D eigenvalue weighted by Crippen LogP contribution is -2.43. The molecule has 0 radical (unpaired) electrons. The van der Waals surface area contributed by atoms with Crippen LogP contribution in [0, 0.1) is 5.92 Å². The topological polar surface area (TPSA) is 84.5 Å². The molecule has 0 unspecified atom stereocenters. The predicted molar refractivity (Wildman–Crippen MR) is 147 cm³/mol. The highest BCUT2D eigenvalue weighted by molar-refractivity contribution is 6.06. The number of alkyl halides is 3. The lowest BCUT2D eigenvalue weighted by atomic mass is 9.88. The van der Waals surface area contributed by atoms with E-state index in [1.54, 1.807) is 24.3 Å². The van der Waals surface area contributed by atoms with Crippen LogP contribution in [0.5, 0.6) is 0 Å². The number of nitrogens with zero attached hydrogens (tertiary/aromatic N) is 4. The van der Waals surface area contributed by atoms with Gasteiger partial charge in [0.1, 0.15) is 5.82 Å². The lowest BCUT2D eigenvalue weighted by Gasteiger charge is -2.33. The van der Waals surface area contributed by atoms with Crippen LogP contribution in [0.15, 0.2) is 48.5 Å². The van der Waals surface area contributed by atoms with Gasteiger partial charge in [0.2, 0.25) is 0 Å². The Morgan fingerprint density at radius 2 is 1.73 bits per heavy atom. The van der Waals surface area contributed by atoms with Gasteiger partial charge in [-0.1, -0.05) is 12.1 Å². The van der Waals surface area contributed by atoms with Gasteiger partial charge < -0.3 is 10.6 Å². The van der Waals surface area contributed by atoms with Crippen molar-refractivity contribution in [3.8, 4) is 0 Å². The minimum absolute atomic E-state index is 0.106. The fourth-order valence-electron chi connectivity index (χ4n) is 5.83. The van der Waals surface area contributed by atoms with E-state index in [0.717, 1.165) is 54.9 Å². The number of piperidine rings is 1. The molecule has 2 aliphatic rings. The molecule has 0 bridgehead atoms. The van der Waals surface area contributed by atoms with Crippen LogP contribution in [0.3, 0.4) is 0 Å². The van der Waals surface area contributed by atoms with Gasteiger partial charge in [0, 0.05) is 48.4 Å². The number of carbonyl (C=O) groups excluding carboxylic acids is 2. The molecule has 0 saturated carbocycles. The third kappa shape index (κ3) is 5.91. The number of rotatable bonds is 7. The zero-order valence-electron chi connectivity index (χ0n) is 22.6. The molecule has 10 heteroatoms. The molecule has 0 atom stereocenters. The molecule has 1 aromatic heterocycles. The Morgan fingerprint density at radius 1 is 1.02 bits per heavy atom. The molecule has 5 rings (SSSR count). The summed E-state index contributed by atoms with van der Waals surface area (Å²) in [6.45, 7) is 2.30. The molecule has 1 saturated heterocycles. The summed E-state index contributed by atoms with van der Waals surface area (Å²) in [6.07, 6.45) is 0.562. The first-order valence-corrected chi connectivity index (χ1v) is 13.8. The number of nitrogens with two attached hydrogens (primary N) is 1. The first-order chi connectivity index (χ1) is 19.1. The zero-order valence-corrected chi connectivity index (χ0v) is 22.6. The Bertz CT molecular complexity index is 1370. The number of aryl methyl sites for hydroxylation is 2. The predicted octanol–water partition coefficient (Wildman–Crippen LogP) is 5.14. The van der Waals surface area contributed by atoms with Crippen LogP contribution in [-0.4, -0.2) is 52.5 Å². The summed E-state index contributed by atoms with van der Waals surface area (Å²) < 4.78 is 41.2. The Labute approximate surface area is 231 Å². The van der Waals surface area contributed by atoms with Gasteiger partial charge in [0.15, 0.2) is 5.78 Å². The van der Waals surface area contributed by atoms with Crippen molar-refractivity contribution in [3.63, 3.8) is 0 Å². The summed E-state index contributed by atoms with van der Waals surface area (Å²) in [5, 5.41) is 4.72. The molecule has 7 nitrogen and oxygen atoms in total. The number of likely N-dealkylation sites (tertiary alicyclic amines) is 1. The zero-order chi connectivity index (χ0) is 28.4. The molecule has 1 fully saturated rings. The van der Waals surface area contributed by atoms with E-state index in [4.69, 9.17) is 10.8 Å². The third-order valence-electron chi connectivity index (χ3n) is 8.02. The van der Waals surface area contributed by atoms with Crippen LogP contribution in [0.2, 0.25) is 0 Å². The van der Waals surface area contributed by atoms with Gasteiger partial charge >= 0.3 is 6.18 Å². The van der Waals surface area contributed by atoms with E-state index in [9.17, 15) is 22.8 Å². The highest BCUT2D eigenvalue weighted by Crippen LogP contribution is 2.32. The largest absolute Gasteiger partial charge is 0.416 e. The molecule has 2 aromatic carbocycles. The van der Waals surface area contributed by atoms with Gasteiger partial charge in [-0.15, -0.1) is 0 Å². The van der Waals surface area contributed by atoms with Gasteiger partial charge in [-0.2, -0.15) is 18.3 Å². The Hall–Kier alpha value is -3.66. The van der Waals surface area contributed by atoms with Crippen LogP contribution < -0.4 is 10.6 Å². The SMILES string of the molecule is Cn1nc2c(c1N(CCN1CCC(C(=O)c3cccc(C(F)(F)F)c3)CC1)C(=O)c1ccc(N)cc1)CCCC2. The summed E-state index contributed by atoms with van der Waals surface area (Å²) in [7, 11) is 1.88. The Kier molecular flexibility index (Phi) is 7.98. The maximum Gasteiger partial charge on any atom is 0.416 e. The number of carbonyl (C=O) groups is 2. The second-order valence-electron chi connectivity index (χ2n) is 10.7. The monoisotopic (exact) mass is 553 g/mol. The number of nitrogen functional groups attached to an aromatic ring is 1. The molecule has 2 N–H and O–H groups in total. The molecule has 0 spiro atoms. The smallest absolute Gasteiger partial charge is 0.399 e. The number of aromatic nitrogens is 2. The number of amides is 1. The normalized spacial score (nSPS) is 16.5. The van der Waals surface area contributed by atoms with Gasteiger partial charge in [-0.3, -0.25) is 19.2 Å². The molecule has 1 aliphatic carbocycles. The van der Waals surface area contributed by atoms with E-state index in [1.165, 1.54) is 12.1 Å². The summed E-state index contributed by atoms with van der Waals surface area (Å²) in [5.41, 5.74) is 8.45. The number of halogens is 3. The summed E-state index contributed by atoms with van der Waals surface area (Å²) in [6, 6.07) is 11.6. The number of fused-ring (bicyclic) bond motifs is 1. The molecular weight excluding hydrogens is 519 g/mol. The average Bonchev–Trinajstić information content (AvgIpc) is 3.28. The van der Waals surface area contributed by atoms with E-state index in [2.05, 4.69) is 4.90 Å². The van der Waals surface area contributed by atoms with Crippen molar-refractivity contribution in [2.45, 2.75) is 44.7 Å². The van der Waals surface area contributed by atoms with Crippen LogP contribution in [0.4, 0.5) is 24.7 Å². The highest BCUT2D eigenvalue weighted by Gasteiger charge is 2.33. The van der Waals surface area contributed by atoms with Crippen LogP contribution in [-0.2, 0) is 26.1 Å². The molecule has 3 aromatic rings. The highest BCUT2D eigenvalue weighted by atomic mass is 19.4. The maximum atomic E-state index is 13.8. The van der Waals surface area contributed by atoms with E-state index in [1.807, 2.05) is 16.6 Å². The number of ketones is 1. The number of Topliss-reactive ketones (excluding diaryl/α,β-unsaturated/α-hetero) is 1. The first kappa shape index (κ1) is 27.9. The van der Waals surface area contributed by atoms with Crippen molar-refractivity contribution >= 4 is 23.2 Å². The van der Waals surface area contributed by atoms with Crippen molar-refractivity contribution < 1.29 is 22.8 Å². The average molecular weight is 554 g/mol. The Morgan fingerprint density at radius 3 is 2.42 bits per heavy atom. The second-order valence-corrected chi connectivity index (χ2v) is 10.7. The first-order valence-electron chi connectivity index (χ1n) is 13.8. The summed E-state index contributed by atoms with van der Waals surface area (Å²) >= 11 is 0. The number of hydrogen-bond donors (Lipinski definition) is 1. The molecule has 1 amide bonds. The Balaban J connectivity index is 1.28. The van der Waals surface area contributed by atoms with E-state index >= 15 is 0 Å². The summed E-state index contributed by atoms with van der Waals surface area (Å²) in [5.74, 6) is 0.140. The van der Waals surface area contributed by atoms with Crippen molar-refractivity contribution in [2.24, 2.45) is 13.0 Å². The van der Waals surface area contributed by atoms with Gasteiger partial charge in [-0.05, 0) is 88.0 Å². The number of benzene rings is 2. The molecule has 1 aliphatic heterocycles.